The highest BCUT2D eigenvalue weighted by Gasteiger charge is 2.09. The van der Waals surface area contributed by atoms with E-state index in [1.807, 2.05) is 30.3 Å². The molecule has 0 aliphatic rings. The van der Waals surface area contributed by atoms with Crippen molar-refractivity contribution < 1.29 is 5.11 Å². The SMILES string of the molecule is [CH2]C(C)CC[C@@H](C)NC[C@H](O)c1ccccc1. The van der Waals surface area contributed by atoms with E-state index >= 15 is 0 Å². The van der Waals surface area contributed by atoms with Crippen molar-refractivity contribution in [1.29, 1.82) is 0 Å². The molecule has 1 aromatic rings. The van der Waals surface area contributed by atoms with Crippen molar-refractivity contribution in [3.8, 4) is 0 Å². The zero-order valence-electron chi connectivity index (χ0n) is 10.9. The fourth-order valence-corrected chi connectivity index (χ4v) is 1.74. The van der Waals surface area contributed by atoms with E-state index in [-0.39, 0.29) is 0 Å². The summed E-state index contributed by atoms with van der Waals surface area (Å²) in [5.74, 6) is 0.498. The Labute approximate surface area is 105 Å². The Morgan fingerprint density at radius 2 is 1.82 bits per heavy atom. The lowest BCUT2D eigenvalue weighted by molar-refractivity contribution is 0.169. The van der Waals surface area contributed by atoms with Crippen molar-refractivity contribution in [3.05, 3.63) is 42.8 Å². The second-order valence-electron chi connectivity index (χ2n) is 4.92. The van der Waals surface area contributed by atoms with Gasteiger partial charge >= 0.3 is 0 Å². The summed E-state index contributed by atoms with van der Waals surface area (Å²) in [5, 5.41) is 13.3. The van der Waals surface area contributed by atoms with Gasteiger partial charge in [-0.05, 0) is 31.2 Å². The first kappa shape index (κ1) is 14.2. The Balaban J connectivity index is 2.26. The van der Waals surface area contributed by atoms with Crippen LogP contribution < -0.4 is 5.32 Å². The Morgan fingerprint density at radius 1 is 1.18 bits per heavy atom. The molecule has 0 aliphatic heterocycles. The third-order valence-corrected chi connectivity index (χ3v) is 2.94. The molecule has 17 heavy (non-hydrogen) atoms. The second kappa shape index (κ2) is 7.46. The van der Waals surface area contributed by atoms with E-state index in [4.69, 9.17) is 0 Å². The maximum absolute atomic E-state index is 9.97. The summed E-state index contributed by atoms with van der Waals surface area (Å²) in [6.07, 6.45) is 1.80. The summed E-state index contributed by atoms with van der Waals surface area (Å²) in [6, 6.07) is 10.2. The zero-order valence-corrected chi connectivity index (χ0v) is 10.9. The van der Waals surface area contributed by atoms with Crippen molar-refractivity contribution in [2.45, 2.75) is 38.8 Å². The fourth-order valence-electron chi connectivity index (χ4n) is 1.74. The molecule has 0 aliphatic carbocycles. The molecule has 0 spiro atoms. The van der Waals surface area contributed by atoms with Crippen molar-refractivity contribution in [2.24, 2.45) is 5.92 Å². The number of hydrogen-bond donors (Lipinski definition) is 2. The molecule has 2 heteroatoms. The van der Waals surface area contributed by atoms with Crippen LogP contribution in [0.25, 0.3) is 0 Å². The minimum absolute atomic E-state index is 0.421. The average molecular weight is 234 g/mol. The fraction of sp³-hybridized carbons (Fsp3) is 0.533. The Kier molecular flexibility index (Phi) is 6.23. The summed E-state index contributed by atoms with van der Waals surface area (Å²) in [6.45, 7) is 8.87. The van der Waals surface area contributed by atoms with E-state index in [2.05, 4.69) is 26.1 Å². The van der Waals surface area contributed by atoms with Crippen LogP contribution in [0.4, 0.5) is 0 Å². The minimum Gasteiger partial charge on any atom is -0.387 e. The van der Waals surface area contributed by atoms with Crippen molar-refractivity contribution in [3.63, 3.8) is 0 Å². The van der Waals surface area contributed by atoms with Crippen LogP contribution in [0.1, 0.15) is 38.4 Å². The first-order valence-electron chi connectivity index (χ1n) is 6.39. The molecule has 0 aromatic heterocycles. The molecule has 0 heterocycles. The largest absolute Gasteiger partial charge is 0.387 e. The highest BCUT2D eigenvalue weighted by atomic mass is 16.3. The third-order valence-electron chi connectivity index (χ3n) is 2.94. The summed E-state index contributed by atoms with van der Waals surface area (Å²) in [5.41, 5.74) is 0.970. The number of hydrogen-bond acceptors (Lipinski definition) is 2. The molecular formula is C15H24NO. The lowest BCUT2D eigenvalue weighted by Crippen LogP contribution is -2.30. The normalized spacial score (nSPS) is 14.9. The predicted octanol–water partition coefficient (Wildman–Crippen LogP) is 2.95. The average Bonchev–Trinajstić information content (AvgIpc) is 2.34. The first-order valence-corrected chi connectivity index (χ1v) is 6.39. The maximum Gasteiger partial charge on any atom is 0.0914 e. The van der Waals surface area contributed by atoms with Gasteiger partial charge in [-0.25, -0.2) is 0 Å². The van der Waals surface area contributed by atoms with Crippen LogP contribution in [0.15, 0.2) is 30.3 Å². The lowest BCUT2D eigenvalue weighted by atomic mass is 10.0. The molecule has 1 unspecified atom stereocenters. The van der Waals surface area contributed by atoms with Crippen LogP contribution in [0, 0.1) is 12.8 Å². The highest BCUT2D eigenvalue weighted by Crippen LogP contribution is 2.12. The summed E-state index contributed by atoms with van der Waals surface area (Å²) in [4.78, 5) is 0. The number of rotatable bonds is 7. The quantitative estimate of drug-likeness (QED) is 0.760. The molecule has 3 atom stereocenters. The molecule has 1 radical (unpaired) electrons. The highest BCUT2D eigenvalue weighted by molar-refractivity contribution is 5.17. The molecule has 2 nitrogen and oxygen atoms in total. The van der Waals surface area contributed by atoms with Gasteiger partial charge in [-0.1, -0.05) is 44.2 Å². The van der Waals surface area contributed by atoms with Crippen molar-refractivity contribution in [2.75, 3.05) is 6.54 Å². The first-order chi connectivity index (χ1) is 8.09. The van der Waals surface area contributed by atoms with Crippen LogP contribution in [-0.4, -0.2) is 17.7 Å². The van der Waals surface area contributed by atoms with Gasteiger partial charge in [0, 0.05) is 12.6 Å². The van der Waals surface area contributed by atoms with Gasteiger partial charge in [-0.2, -0.15) is 0 Å². The molecule has 0 amide bonds. The Morgan fingerprint density at radius 3 is 2.41 bits per heavy atom. The number of benzene rings is 1. The summed E-state index contributed by atoms with van der Waals surface area (Å²) in [7, 11) is 0. The molecule has 95 valence electrons. The van der Waals surface area contributed by atoms with E-state index < -0.39 is 6.10 Å². The van der Waals surface area contributed by atoms with Crippen LogP contribution in [0.3, 0.4) is 0 Å². The number of aliphatic hydroxyl groups is 1. The van der Waals surface area contributed by atoms with E-state index in [0.717, 1.165) is 18.4 Å². The summed E-state index contributed by atoms with van der Waals surface area (Å²) >= 11 is 0. The molecule has 2 N–H and O–H groups in total. The molecule has 1 rings (SSSR count). The van der Waals surface area contributed by atoms with Crippen molar-refractivity contribution >= 4 is 0 Å². The van der Waals surface area contributed by atoms with Gasteiger partial charge in [0.2, 0.25) is 0 Å². The lowest BCUT2D eigenvalue weighted by Gasteiger charge is -2.18. The van der Waals surface area contributed by atoms with Crippen LogP contribution in [0.5, 0.6) is 0 Å². The zero-order chi connectivity index (χ0) is 12.7. The molecule has 0 bridgehead atoms. The van der Waals surface area contributed by atoms with Gasteiger partial charge in [-0.3, -0.25) is 0 Å². The molecule has 1 aromatic carbocycles. The summed E-state index contributed by atoms with van der Waals surface area (Å²) < 4.78 is 0. The van der Waals surface area contributed by atoms with Crippen LogP contribution in [0.2, 0.25) is 0 Å². The monoisotopic (exact) mass is 234 g/mol. The molecule has 0 saturated heterocycles. The second-order valence-corrected chi connectivity index (χ2v) is 4.92. The molecular weight excluding hydrogens is 210 g/mol. The van der Waals surface area contributed by atoms with Gasteiger partial charge in [-0.15, -0.1) is 0 Å². The van der Waals surface area contributed by atoms with Gasteiger partial charge in [0.05, 0.1) is 6.10 Å². The third kappa shape index (κ3) is 5.85. The molecule has 0 fully saturated rings. The standard InChI is InChI=1S/C15H24NO/c1-12(2)9-10-13(3)16-11-15(17)14-7-5-4-6-8-14/h4-8,12-13,15-17H,1,9-11H2,2-3H3/t12?,13-,15+/m1/s1. The smallest absolute Gasteiger partial charge is 0.0914 e. The van der Waals surface area contributed by atoms with Gasteiger partial charge in [0.15, 0.2) is 0 Å². The number of nitrogens with one attached hydrogen (secondary N) is 1. The van der Waals surface area contributed by atoms with Gasteiger partial charge in [0.25, 0.3) is 0 Å². The Hall–Kier alpha value is -0.860. The van der Waals surface area contributed by atoms with Crippen molar-refractivity contribution in [1.82, 2.24) is 5.32 Å². The van der Waals surface area contributed by atoms with Crippen LogP contribution in [-0.2, 0) is 0 Å². The van der Waals surface area contributed by atoms with Crippen LogP contribution >= 0.6 is 0 Å². The maximum atomic E-state index is 9.97. The van der Waals surface area contributed by atoms with E-state index in [1.54, 1.807) is 0 Å². The van der Waals surface area contributed by atoms with E-state index in [9.17, 15) is 5.11 Å². The molecule has 0 saturated carbocycles. The van der Waals surface area contributed by atoms with E-state index in [0.29, 0.717) is 18.5 Å². The number of aliphatic hydroxyl groups excluding tert-OH is 1. The van der Waals surface area contributed by atoms with Gasteiger partial charge < -0.3 is 10.4 Å². The van der Waals surface area contributed by atoms with Gasteiger partial charge in [0.1, 0.15) is 0 Å². The topological polar surface area (TPSA) is 32.3 Å². The predicted molar refractivity (Wildman–Crippen MR) is 72.6 cm³/mol. The minimum atomic E-state index is -0.421. The Bertz CT molecular complexity index is 297. The van der Waals surface area contributed by atoms with E-state index in [1.165, 1.54) is 0 Å².